The van der Waals surface area contributed by atoms with E-state index in [-0.39, 0.29) is 6.09 Å². The van der Waals surface area contributed by atoms with Gasteiger partial charge in [0.05, 0.1) is 0 Å². The van der Waals surface area contributed by atoms with Crippen LogP contribution in [0.25, 0.3) is 0 Å². The highest BCUT2D eigenvalue weighted by molar-refractivity contribution is 9.10. The molecule has 1 aromatic rings. The minimum atomic E-state index is -0.450. The second-order valence-electron chi connectivity index (χ2n) is 5.27. The quantitative estimate of drug-likeness (QED) is 0.921. The molecule has 0 saturated carbocycles. The van der Waals surface area contributed by atoms with Crippen molar-refractivity contribution in [3.8, 4) is 0 Å². The molecule has 1 rings (SSSR count). The number of hydrogen-bond acceptors (Lipinski definition) is 2. The summed E-state index contributed by atoms with van der Waals surface area (Å²) in [6, 6.07) is 6.20. The molecule has 3 nitrogen and oxygen atoms in total. The second kappa shape index (κ2) is 6.23. The first-order valence-corrected chi connectivity index (χ1v) is 6.79. The molecule has 0 fully saturated rings. The molecule has 0 saturated heterocycles. The minimum Gasteiger partial charge on any atom is -0.444 e. The maximum atomic E-state index is 11.4. The highest BCUT2D eigenvalue weighted by atomic mass is 79.9. The van der Waals surface area contributed by atoms with Crippen LogP contribution in [-0.4, -0.2) is 18.2 Å². The Bertz CT molecular complexity index is 424. The number of carbonyl (C=O) groups excluding carboxylic acids is 1. The molecule has 1 amide bonds. The van der Waals surface area contributed by atoms with Crippen LogP contribution in [0, 0.1) is 6.92 Å². The first kappa shape index (κ1) is 15.0. The number of amides is 1. The summed E-state index contributed by atoms with van der Waals surface area (Å²) < 4.78 is 6.24. The molecule has 0 aliphatic heterocycles. The van der Waals surface area contributed by atoms with Gasteiger partial charge in [-0.2, -0.15) is 0 Å². The zero-order valence-corrected chi connectivity index (χ0v) is 12.9. The van der Waals surface area contributed by atoms with Gasteiger partial charge in [0.1, 0.15) is 5.60 Å². The largest absolute Gasteiger partial charge is 0.444 e. The first-order valence-electron chi connectivity index (χ1n) is 6.00. The van der Waals surface area contributed by atoms with Gasteiger partial charge in [-0.25, -0.2) is 4.79 Å². The van der Waals surface area contributed by atoms with E-state index in [4.69, 9.17) is 4.74 Å². The van der Waals surface area contributed by atoms with E-state index in [0.29, 0.717) is 6.54 Å². The highest BCUT2D eigenvalue weighted by Crippen LogP contribution is 2.18. The smallest absolute Gasteiger partial charge is 0.407 e. The fourth-order valence-corrected chi connectivity index (χ4v) is 2.16. The molecule has 18 heavy (non-hydrogen) atoms. The number of nitrogens with one attached hydrogen (secondary N) is 1. The van der Waals surface area contributed by atoms with Crippen molar-refractivity contribution in [3.63, 3.8) is 0 Å². The number of alkyl carbamates (subject to hydrolysis) is 1. The van der Waals surface area contributed by atoms with Crippen LogP contribution in [0.4, 0.5) is 4.79 Å². The predicted molar refractivity (Wildman–Crippen MR) is 76.8 cm³/mol. The maximum Gasteiger partial charge on any atom is 0.407 e. The third kappa shape index (κ3) is 5.54. The summed E-state index contributed by atoms with van der Waals surface area (Å²) in [6.07, 6.45) is 0.408. The van der Waals surface area contributed by atoms with Crippen molar-refractivity contribution in [1.82, 2.24) is 5.32 Å². The van der Waals surface area contributed by atoms with Crippen LogP contribution in [0.2, 0.25) is 0 Å². The Kier molecular flexibility index (Phi) is 5.20. The molecule has 0 spiro atoms. The molecule has 0 aliphatic rings. The number of halogens is 1. The average molecular weight is 314 g/mol. The van der Waals surface area contributed by atoms with Gasteiger partial charge in [0, 0.05) is 11.0 Å². The van der Waals surface area contributed by atoms with E-state index in [9.17, 15) is 4.79 Å². The topological polar surface area (TPSA) is 38.3 Å². The number of ether oxygens (including phenoxy) is 1. The molecule has 0 bridgehead atoms. The van der Waals surface area contributed by atoms with E-state index < -0.39 is 5.60 Å². The average Bonchev–Trinajstić information content (AvgIpc) is 2.18. The van der Waals surface area contributed by atoms with E-state index in [1.165, 1.54) is 11.1 Å². The van der Waals surface area contributed by atoms with E-state index in [2.05, 4.69) is 39.4 Å². The first-order chi connectivity index (χ1) is 8.28. The van der Waals surface area contributed by atoms with Crippen LogP contribution in [0.15, 0.2) is 22.7 Å². The Labute approximate surface area is 117 Å². The van der Waals surface area contributed by atoms with Gasteiger partial charge >= 0.3 is 6.09 Å². The Morgan fingerprint density at radius 3 is 2.61 bits per heavy atom. The van der Waals surface area contributed by atoms with Gasteiger partial charge in [-0.3, -0.25) is 0 Å². The minimum absolute atomic E-state index is 0.370. The molecular weight excluding hydrogens is 294 g/mol. The molecular formula is C14H20BrNO2. The van der Waals surface area contributed by atoms with Gasteiger partial charge in [0.15, 0.2) is 0 Å². The standard InChI is InChI=1S/C14H20BrNO2/c1-10-5-6-11(12(15)9-10)7-8-16-13(17)18-14(2,3)4/h5-6,9H,7-8H2,1-4H3,(H,16,17). The molecule has 0 unspecified atom stereocenters. The van der Waals surface area contributed by atoms with Crippen molar-refractivity contribution < 1.29 is 9.53 Å². The van der Waals surface area contributed by atoms with Crippen LogP contribution in [0.3, 0.4) is 0 Å². The summed E-state index contributed by atoms with van der Waals surface area (Å²) in [5, 5.41) is 2.75. The Balaban J connectivity index is 2.40. The van der Waals surface area contributed by atoms with Crippen molar-refractivity contribution in [2.75, 3.05) is 6.54 Å². The van der Waals surface area contributed by atoms with Gasteiger partial charge in [-0.05, 0) is 51.3 Å². The summed E-state index contributed by atoms with van der Waals surface area (Å²) in [5.74, 6) is 0. The van der Waals surface area contributed by atoms with Crippen LogP contribution in [0.1, 0.15) is 31.9 Å². The third-order valence-electron chi connectivity index (χ3n) is 2.27. The molecule has 100 valence electrons. The Morgan fingerprint density at radius 2 is 2.06 bits per heavy atom. The van der Waals surface area contributed by atoms with Gasteiger partial charge < -0.3 is 10.1 Å². The second-order valence-corrected chi connectivity index (χ2v) is 6.13. The number of aryl methyl sites for hydroxylation is 1. The lowest BCUT2D eigenvalue weighted by Gasteiger charge is -2.19. The lowest BCUT2D eigenvalue weighted by Crippen LogP contribution is -2.33. The molecule has 0 radical (unpaired) electrons. The number of carbonyl (C=O) groups is 1. The van der Waals surface area contributed by atoms with Crippen molar-refractivity contribution in [2.24, 2.45) is 0 Å². The lowest BCUT2D eigenvalue weighted by atomic mass is 10.1. The number of hydrogen-bond donors (Lipinski definition) is 1. The summed E-state index contributed by atoms with van der Waals surface area (Å²) in [4.78, 5) is 11.4. The normalized spacial score (nSPS) is 11.2. The van der Waals surface area contributed by atoms with Crippen LogP contribution >= 0.6 is 15.9 Å². The summed E-state index contributed by atoms with van der Waals surface area (Å²) in [5.41, 5.74) is 1.94. The Hall–Kier alpha value is -1.03. The molecule has 0 aromatic heterocycles. The third-order valence-corrected chi connectivity index (χ3v) is 3.01. The number of rotatable bonds is 3. The van der Waals surface area contributed by atoms with E-state index in [1.54, 1.807) is 0 Å². The summed E-state index contributed by atoms with van der Waals surface area (Å²) in [7, 11) is 0. The molecule has 4 heteroatoms. The highest BCUT2D eigenvalue weighted by Gasteiger charge is 2.15. The maximum absolute atomic E-state index is 11.4. The van der Waals surface area contributed by atoms with Crippen LogP contribution in [-0.2, 0) is 11.2 Å². The van der Waals surface area contributed by atoms with Gasteiger partial charge in [-0.15, -0.1) is 0 Å². The Morgan fingerprint density at radius 1 is 1.39 bits per heavy atom. The van der Waals surface area contributed by atoms with Crippen molar-refractivity contribution in [2.45, 2.75) is 39.7 Å². The SMILES string of the molecule is Cc1ccc(CCNC(=O)OC(C)(C)C)c(Br)c1. The van der Waals surface area contributed by atoms with Crippen LogP contribution in [0.5, 0.6) is 0 Å². The molecule has 1 aromatic carbocycles. The molecule has 1 N–H and O–H groups in total. The predicted octanol–water partition coefficient (Wildman–Crippen LogP) is 3.82. The zero-order valence-electron chi connectivity index (χ0n) is 11.3. The summed E-state index contributed by atoms with van der Waals surface area (Å²) in [6.45, 7) is 8.17. The fourth-order valence-electron chi connectivity index (χ4n) is 1.47. The fraction of sp³-hybridized carbons (Fsp3) is 0.500. The van der Waals surface area contributed by atoms with E-state index in [0.717, 1.165) is 10.9 Å². The van der Waals surface area contributed by atoms with E-state index >= 15 is 0 Å². The zero-order chi connectivity index (χ0) is 13.8. The van der Waals surface area contributed by atoms with Gasteiger partial charge in [0.25, 0.3) is 0 Å². The van der Waals surface area contributed by atoms with Crippen molar-refractivity contribution >= 4 is 22.0 Å². The lowest BCUT2D eigenvalue weighted by molar-refractivity contribution is 0.0528. The van der Waals surface area contributed by atoms with Gasteiger partial charge in [-0.1, -0.05) is 28.1 Å². The summed E-state index contributed by atoms with van der Waals surface area (Å²) >= 11 is 3.52. The number of benzene rings is 1. The van der Waals surface area contributed by atoms with Gasteiger partial charge in [0.2, 0.25) is 0 Å². The molecule has 0 heterocycles. The molecule has 0 aliphatic carbocycles. The van der Waals surface area contributed by atoms with Crippen LogP contribution < -0.4 is 5.32 Å². The molecule has 0 atom stereocenters. The van der Waals surface area contributed by atoms with Crippen molar-refractivity contribution in [1.29, 1.82) is 0 Å². The monoisotopic (exact) mass is 313 g/mol. The van der Waals surface area contributed by atoms with Crippen molar-refractivity contribution in [3.05, 3.63) is 33.8 Å². The van der Waals surface area contributed by atoms with E-state index in [1.807, 2.05) is 27.7 Å².